The van der Waals surface area contributed by atoms with Crippen LogP contribution in [0.1, 0.15) is 24.2 Å². The van der Waals surface area contributed by atoms with Gasteiger partial charge in [-0.25, -0.2) is 0 Å². The number of carbonyl (C=O) groups is 1. The predicted molar refractivity (Wildman–Crippen MR) is 83.9 cm³/mol. The van der Waals surface area contributed by atoms with Crippen LogP contribution in [0.3, 0.4) is 0 Å². The molecule has 22 heavy (non-hydrogen) atoms. The quantitative estimate of drug-likeness (QED) is 0.908. The summed E-state index contributed by atoms with van der Waals surface area (Å²) in [5.41, 5.74) is 2.56. The van der Waals surface area contributed by atoms with Crippen molar-refractivity contribution in [3.05, 3.63) is 41.7 Å². The van der Waals surface area contributed by atoms with Gasteiger partial charge in [0.25, 0.3) is 0 Å². The maximum Gasteiger partial charge on any atom is 0.246 e. The maximum absolute atomic E-state index is 12.7. The van der Waals surface area contributed by atoms with E-state index in [0.717, 1.165) is 29.2 Å². The molecule has 2 N–H and O–H groups in total. The fourth-order valence-electron chi connectivity index (χ4n) is 2.65. The number of nitrogens with one attached hydrogen (secondary N) is 2. The average molecular weight is 300 g/mol. The number of ether oxygens (including phenoxy) is 1. The minimum absolute atomic E-state index is 0.100. The van der Waals surface area contributed by atoms with Gasteiger partial charge in [0, 0.05) is 18.7 Å². The van der Waals surface area contributed by atoms with E-state index < -0.39 is 6.04 Å². The van der Waals surface area contributed by atoms with Gasteiger partial charge in [-0.2, -0.15) is 5.10 Å². The fraction of sp³-hybridized carbons (Fsp3) is 0.375. The Morgan fingerprint density at radius 1 is 1.50 bits per heavy atom. The van der Waals surface area contributed by atoms with Gasteiger partial charge in [0.15, 0.2) is 0 Å². The van der Waals surface area contributed by atoms with E-state index in [-0.39, 0.29) is 5.91 Å². The van der Waals surface area contributed by atoms with Crippen LogP contribution in [-0.4, -0.2) is 28.8 Å². The number of aromatic nitrogens is 2. The first-order valence-electron chi connectivity index (χ1n) is 7.49. The van der Waals surface area contributed by atoms with Gasteiger partial charge in [-0.15, -0.1) is 0 Å². The van der Waals surface area contributed by atoms with Crippen LogP contribution in [0.25, 0.3) is 0 Å². The van der Waals surface area contributed by atoms with Crippen molar-refractivity contribution < 1.29 is 9.53 Å². The molecule has 0 radical (unpaired) electrons. The Hall–Kier alpha value is -2.34. The molecule has 1 aliphatic heterocycles. The molecule has 2 aromatic rings. The molecule has 6 heteroatoms. The van der Waals surface area contributed by atoms with Gasteiger partial charge in [-0.3, -0.25) is 14.8 Å². The van der Waals surface area contributed by atoms with E-state index in [2.05, 4.69) is 15.7 Å². The highest BCUT2D eigenvalue weighted by Gasteiger charge is 2.26. The molecule has 1 unspecified atom stereocenters. The lowest BCUT2D eigenvalue weighted by Gasteiger charge is -2.17. The number of aryl methyl sites for hydroxylation is 1. The number of amides is 1. The summed E-state index contributed by atoms with van der Waals surface area (Å²) in [5, 5.41) is 10.4. The molecular formula is C16H20N4O2. The topological polar surface area (TPSA) is 68.2 Å². The van der Waals surface area contributed by atoms with Crippen LogP contribution < -0.4 is 15.4 Å². The number of hydrogen-bond acceptors (Lipinski definition) is 4. The molecule has 0 saturated heterocycles. The van der Waals surface area contributed by atoms with E-state index in [1.54, 1.807) is 6.20 Å². The normalized spacial score (nSPS) is 17.3. The Balaban J connectivity index is 1.84. The van der Waals surface area contributed by atoms with Crippen molar-refractivity contribution in [1.29, 1.82) is 0 Å². The zero-order valence-electron chi connectivity index (χ0n) is 12.8. The molecule has 1 aliphatic rings. The Labute approximate surface area is 129 Å². The minimum atomic E-state index is -0.428. The summed E-state index contributed by atoms with van der Waals surface area (Å²) in [4.78, 5) is 12.7. The molecule has 0 aliphatic carbocycles. The van der Waals surface area contributed by atoms with E-state index in [1.165, 1.54) is 0 Å². The highest BCUT2D eigenvalue weighted by molar-refractivity contribution is 5.96. The van der Waals surface area contributed by atoms with Crippen LogP contribution in [0.15, 0.2) is 30.5 Å². The molecule has 0 saturated carbocycles. The van der Waals surface area contributed by atoms with E-state index in [4.69, 9.17) is 4.74 Å². The largest absolute Gasteiger partial charge is 0.492 e. The first-order valence-corrected chi connectivity index (χ1v) is 7.49. The Morgan fingerprint density at radius 3 is 3.09 bits per heavy atom. The van der Waals surface area contributed by atoms with Gasteiger partial charge in [-0.05, 0) is 19.9 Å². The first-order chi connectivity index (χ1) is 10.7. The smallest absolute Gasteiger partial charge is 0.246 e. The van der Waals surface area contributed by atoms with E-state index in [9.17, 15) is 4.79 Å². The Kier molecular flexibility index (Phi) is 4.11. The third kappa shape index (κ3) is 2.69. The Morgan fingerprint density at radius 2 is 2.32 bits per heavy atom. The van der Waals surface area contributed by atoms with E-state index in [1.807, 2.05) is 42.8 Å². The number of fused-ring (bicyclic) bond motifs is 1. The highest BCUT2D eigenvalue weighted by atomic mass is 16.5. The molecule has 1 atom stereocenters. The van der Waals surface area contributed by atoms with Gasteiger partial charge < -0.3 is 10.1 Å². The van der Waals surface area contributed by atoms with E-state index >= 15 is 0 Å². The summed E-state index contributed by atoms with van der Waals surface area (Å²) < 4.78 is 7.52. The molecule has 0 spiro atoms. The van der Waals surface area contributed by atoms with Crippen molar-refractivity contribution in [1.82, 2.24) is 15.1 Å². The highest BCUT2D eigenvalue weighted by Crippen LogP contribution is 2.28. The summed E-state index contributed by atoms with van der Waals surface area (Å²) in [5.74, 6) is 0.658. The molecule has 1 aromatic carbocycles. The number of benzene rings is 1. The number of para-hydroxylation sites is 1. The van der Waals surface area contributed by atoms with Gasteiger partial charge in [0.05, 0.1) is 17.6 Å². The number of rotatable bonds is 3. The van der Waals surface area contributed by atoms with Gasteiger partial charge in [0.1, 0.15) is 18.4 Å². The second-order valence-corrected chi connectivity index (χ2v) is 5.22. The van der Waals surface area contributed by atoms with Crippen LogP contribution in [0.2, 0.25) is 0 Å². The summed E-state index contributed by atoms with van der Waals surface area (Å²) >= 11 is 0. The standard InChI is InChI=1S/C16H20N4O2/c1-3-20-11(2)13(10-18-20)19-16(21)15-12-6-4-5-7-14(12)22-9-8-17-15/h4-7,10,15,17H,3,8-9H2,1-2H3,(H,19,21). The van der Waals surface area contributed by atoms with Crippen LogP contribution in [0, 0.1) is 6.92 Å². The summed E-state index contributed by atoms with van der Waals surface area (Å²) in [6.45, 7) is 5.92. The third-order valence-corrected chi connectivity index (χ3v) is 3.86. The predicted octanol–water partition coefficient (Wildman–Crippen LogP) is 1.87. The van der Waals surface area contributed by atoms with Gasteiger partial charge in [-0.1, -0.05) is 18.2 Å². The number of nitrogens with zero attached hydrogens (tertiary/aromatic N) is 2. The minimum Gasteiger partial charge on any atom is -0.492 e. The zero-order valence-corrected chi connectivity index (χ0v) is 12.8. The lowest BCUT2D eigenvalue weighted by atomic mass is 10.1. The summed E-state index contributed by atoms with van der Waals surface area (Å²) in [6.07, 6.45) is 1.69. The van der Waals surface area contributed by atoms with Crippen LogP contribution >= 0.6 is 0 Å². The molecule has 0 fully saturated rings. The fourth-order valence-corrected chi connectivity index (χ4v) is 2.65. The van der Waals surface area contributed by atoms with Gasteiger partial charge in [0.2, 0.25) is 5.91 Å². The average Bonchev–Trinajstić information content (AvgIpc) is 2.75. The second-order valence-electron chi connectivity index (χ2n) is 5.22. The molecule has 6 nitrogen and oxygen atoms in total. The van der Waals surface area contributed by atoms with Gasteiger partial charge >= 0.3 is 0 Å². The SMILES string of the molecule is CCn1ncc(NC(=O)C2NCCOc3ccccc32)c1C. The van der Waals surface area contributed by atoms with Crippen LogP contribution in [-0.2, 0) is 11.3 Å². The lowest BCUT2D eigenvalue weighted by Crippen LogP contribution is -2.33. The Bertz CT molecular complexity index is 681. The van der Waals surface area contributed by atoms with Crippen molar-refractivity contribution in [2.75, 3.05) is 18.5 Å². The molecular weight excluding hydrogens is 280 g/mol. The molecule has 1 amide bonds. The lowest BCUT2D eigenvalue weighted by molar-refractivity contribution is -0.118. The van der Waals surface area contributed by atoms with Crippen molar-refractivity contribution in [2.24, 2.45) is 0 Å². The van der Waals surface area contributed by atoms with Crippen LogP contribution in [0.4, 0.5) is 5.69 Å². The molecule has 116 valence electrons. The van der Waals surface area contributed by atoms with E-state index in [0.29, 0.717) is 13.2 Å². The summed E-state index contributed by atoms with van der Waals surface area (Å²) in [7, 11) is 0. The molecule has 0 bridgehead atoms. The van der Waals surface area contributed by atoms with Crippen molar-refractivity contribution >= 4 is 11.6 Å². The zero-order chi connectivity index (χ0) is 15.5. The number of anilines is 1. The molecule has 1 aromatic heterocycles. The second kappa shape index (κ2) is 6.19. The molecule has 3 rings (SSSR count). The maximum atomic E-state index is 12.7. The number of carbonyl (C=O) groups excluding carboxylic acids is 1. The third-order valence-electron chi connectivity index (χ3n) is 3.86. The monoisotopic (exact) mass is 300 g/mol. The molecule has 2 heterocycles. The van der Waals surface area contributed by atoms with Crippen molar-refractivity contribution in [3.8, 4) is 5.75 Å². The number of hydrogen-bond donors (Lipinski definition) is 2. The first kappa shape index (κ1) is 14.6. The van der Waals surface area contributed by atoms with Crippen LogP contribution in [0.5, 0.6) is 5.75 Å². The van der Waals surface area contributed by atoms with Crippen molar-refractivity contribution in [3.63, 3.8) is 0 Å². The summed E-state index contributed by atoms with van der Waals surface area (Å²) in [6, 6.07) is 7.20. The van der Waals surface area contributed by atoms with Crippen molar-refractivity contribution in [2.45, 2.75) is 26.4 Å².